The number of nitrogens with zero attached hydrogens (tertiary/aromatic N) is 4. The molecule has 0 N–H and O–H groups in total. The zero-order valence-electron chi connectivity index (χ0n) is 12.9. The first-order valence-corrected chi connectivity index (χ1v) is 7.80. The number of piperazine rings is 1. The van der Waals surface area contributed by atoms with Gasteiger partial charge in [-0.15, -0.1) is 0 Å². The lowest BCUT2D eigenvalue weighted by Gasteiger charge is -2.44. The minimum Gasteiger partial charge on any atom is -0.343 e. The first kappa shape index (κ1) is 15.5. The van der Waals surface area contributed by atoms with Gasteiger partial charge in [0.2, 0.25) is 5.91 Å². The molecule has 0 aliphatic carbocycles. The van der Waals surface area contributed by atoms with E-state index in [1.807, 2.05) is 37.4 Å². The lowest BCUT2D eigenvalue weighted by molar-refractivity contribution is -0.147. The number of rotatable bonds is 3. The lowest BCUT2D eigenvalue weighted by Crippen LogP contribution is -2.61. The Morgan fingerprint density at radius 2 is 2.00 bits per heavy atom. The molecule has 2 rings (SSSR count). The van der Waals surface area contributed by atoms with Crippen molar-refractivity contribution in [1.29, 1.82) is 0 Å². The van der Waals surface area contributed by atoms with Gasteiger partial charge in [-0.2, -0.15) is 5.10 Å². The Labute approximate surface area is 129 Å². The van der Waals surface area contributed by atoms with Crippen molar-refractivity contribution in [1.82, 2.24) is 19.6 Å². The van der Waals surface area contributed by atoms with Crippen LogP contribution in [0.5, 0.6) is 0 Å². The number of carbonyl (C=O) groups excluding carboxylic acids is 1. The molecule has 0 radical (unpaired) electrons. The second-order valence-corrected chi connectivity index (χ2v) is 6.66. The van der Waals surface area contributed by atoms with Gasteiger partial charge in [-0.1, -0.05) is 0 Å². The van der Waals surface area contributed by atoms with Crippen LogP contribution in [-0.4, -0.2) is 51.2 Å². The fraction of sp³-hybridized carbons (Fsp3) is 0.714. The van der Waals surface area contributed by atoms with E-state index in [4.69, 9.17) is 0 Å². The van der Waals surface area contributed by atoms with Gasteiger partial charge in [0.05, 0.1) is 21.4 Å². The Balaban J connectivity index is 2.28. The van der Waals surface area contributed by atoms with Gasteiger partial charge in [0, 0.05) is 33.2 Å². The van der Waals surface area contributed by atoms with Crippen LogP contribution in [0.4, 0.5) is 0 Å². The van der Waals surface area contributed by atoms with Crippen molar-refractivity contribution in [2.45, 2.75) is 46.3 Å². The average Bonchev–Trinajstić information content (AvgIpc) is 2.67. The van der Waals surface area contributed by atoms with Crippen LogP contribution in [0.25, 0.3) is 0 Å². The largest absolute Gasteiger partial charge is 0.343 e. The Hall–Kier alpha value is -0.880. The standard InChI is InChI=1S/C14H23BrN4O/c1-6-19-11(12(15)10(2)16-19)9-18-8-7-17(5)13(20)14(18,3)4/h6-9H2,1-5H3. The molecule has 1 aromatic rings. The van der Waals surface area contributed by atoms with Crippen LogP contribution in [0.15, 0.2) is 4.47 Å². The number of likely N-dealkylation sites (N-methyl/N-ethyl adjacent to an activating group) is 1. The number of aryl methyl sites for hydroxylation is 2. The molecule has 1 aliphatic rings. The predicted molar refractivity (Wildman–Crippen MR) is 82.5 cm³/mol. The highest BCUT2D eigenvalue weighted by atomic mass is 79.9. The summed E-state index contributed by atoms with van der Waals surface area (Å²) >= 11 is 3.63. The summed E-state index contributed by atoms with van der Waals surface area (Å²) in [7, 11) is 1.87. The molecular weight excluding hydrogens is 320 g/mol. The van der Waals surface area contributed by atoms with Crippen molar-refractivity contribution in [2.24, 2.45) is 0 Å². The summed E-state index contributed by atoms with van der Waals surface area (Å²) in [4.78, 5) is 16.4. The van der Waals surface area contributed by atoms with Crippen molar-refractivity contribution in [2.75, 3.05) is 20.1 Å². The van der Waals surface area contributed by atoms with Crippen LogP contribution in [0.1, 0.15) is 32.2 Å². The molecule has 0 saturated carbocycles. The Morgan fingerprint density at radius 1 is 1.35 bits per heavy atom. The number of amides is 1. The van der Waals surface area contributed by atoms with Gasteiger partial charge in [0.25, 0.3) is 0 Å². The topological polar surface area (TPSA) is 41.4 Å². The molecule has 0 unspecified atom stereocenters. The molecule has 1 amide bonds. The fourth-order valence-corrected chi connectivity index (χ4v) is 3.14. The Kier molecular flexibility index (Phi) is 4.25. The van der Waals surface area contributed by atoms with E-state index in [1.54, 1.807) is 0 Å². The van der Waals surface area contributed by atoms with Crippen molar-refractivity contribution in [3.05, 3.63) is 15.9 Å². The molecule has 0 atom stereocenters. The van der Waals surface area contributed by atoms with Crippen LogP contribution in [-0.2, 0) is 17.9 Å². The maximum absolute atomic E-state index is 12.3. The van der Waals surface area contributed by atoms with Crippen molar-refractivity contribution < 1.29 is 4.79 Å². The second-order valence-electron chi connectivity index (χ2n) is 5.87. The molecular formula is C14H23BrN4O. The quantitative estimate of drug-likeness (QED) is 0.843. The van der Waals surface area contributed by atoms with Crippen LogP contribution in [0.2, 0.25) is 0 Å². The van der Waals surface area contributed by atoms with E-state index in [1.165, 1.54) is 0 Å². The van der Waals surface area contributed by atoms with Gasteiger partial charge in [0.15, 0.2) is 0 Å². The highest BCUT2D eigenvalue weighted by Crippen LogP contribution is 2.28. The molecule has 1 fully saturated rings. The summed E-state index contributed by atoms with van der Waals surface area (Å²) in [6.07, 6.45) is 0. The van der Waals surface area contributed by atoms with Crippen LogP contribution < -0.4 is 0 Å². The van der Waals surface area contributed by atoms with Gasteiger partial charge in [-0.05, 0) is 43.6 Å². The van der Waals surface area contributed by atoms with Gasteiger partial charge in [0.1, 0.15) is 0 Å². The second kappa shape index (κ2) is 5.48. The zero-order valence-corrected chi connectivity index (χ0v) is 14.5. The first-order valence-electron chi connectivity index (χ1n) is 7.01. The number of halogens is 1. The Morgan fingerprint density at radius 3 is 2.60 bits per heavy atom. The SMILES string of the molecule is CCn1nc(C)c(Br)c1CN1CCN(C)C(=O)C1(C)C. The maximum atomic E-state index is 12.3. The van der Waals surface area contributed by atoms with Crippen molar-refractivity contribution in [3.63, 3.8) is 0 Å². The summed E-state index contributed by atoms with van der Waals surface area (Å²) in [6, 6.07) is 0. The summed E-state index contributed by atoms with van der Waals surface area (Å²) in [5.74, 6) is 0.180. The van der Waals surface area contributed by atoms with E-state index in [9.17, 15) is 4.79 Å². The maximum Gasteiger partial charge on any atom is 0.242 e. The number of hydrogen-bond acceptors (Lipinski definition) is 3. The van der Waals surface area contributed by atoms with Crippen molar-refractivity contribution >= 4 is 21.8 Å². The number of carbonyl (C=O) groups is 1. The minimum absolute atomic E-state index is 0.180. The molecule has 1 aromatic heterocycles. The van der Waals surface area contributed by atoms with E-state index in [-0.39, 0.29) is 5.91 Å². The fourth-order valence-electron chi connectivity index (χ4n) is 2.73. The summed E-state index contributed by atoms with van der Waals surface area (Å²) in [5, 5.41) is 4.52. The molecule has 6 heteroatoms. The minimum atomic E-state index is -0.469. The van der Waals surface area contributed by atoms with Crippen LogP contribution >= 0.6 is 15.9 Å². The van der Waals surface area contributed by atoms with Gasteiger partial charge >= 0.3 is 0 Å². The number of aromatic nitrogens is 2. The molecule has 5 nitrogen and oxygen atoms in total. The highest BCUT2D eigenvalue weighted by Gasteiger charge is 2.40. The highest BCUT2D eigenvalue weighted by molar-refractivity contribution is 9.10. The summed E-state index contributed by atoms with van der Waals surface area (Å²) < 4.78 is 3.07. The monoisotopic (exact) mass is 342 g/mol. The lowest BCUT2D eigenvalue weighted by atomic mass is 9.97. The zero-order chi connectivity index (χ0) is 15.1. The number of hydrogen-bond donors (Lipinski definition) is 0. The molecule has 1 saturated heterocycles. The third-order valence-corrected chi connectivity index (χ3v) is 5.19. The van der Waals surface area contributed by atoms with Crippen LogP contribution in [0.3, 0.4) is 0 Å². The average molecular weight is 343 g/mol. The van der Waals surface area contributed by atoms with E-state index < -0.39 is 5.54 Å². The molecule has 1 aliphatic heterocycles. The van der Waals surface area contributed by atoms with E-state index >= 15 is 0 Å². The molecule has 112 valence electrons. The normalized spacial score (nSPS) is 19.7. The molecule has 0 aromatic carbocycles. The van der Waals surface area contributed by atoms with Crippen LogP contribution in [0, 0.1) is 6.92 Å². The summed E-state index contributed by atoms with van der Waals surface area (Å²) in [5.41, 5.74) is 1.68. The third-order valence-electron chi connectivity index (χ3n) is 4.16. The predicted octanol–water partition coefficient (Wildman–Crippen LogP) is 2.03. The Bertz CT molecular complexity index is 523. The molecule has 20 heavy (non-hydrogen) atoms. The molecule has 2 heterocycles. The molecule has 0 spiro atoms. The summed E-state index contributed by atoms with van der Waals surface area (Å²) in [6.45, 7) is 11.3. The van der Waals surface area contributed by atoms with Gasteiger partial charge < -0.3 is 4.90 Å². The van der Waals surface area contributed by atoms with Gasteiger partial charge in [-0.25, -0.2) is 0 Å². The van der Waals surface area contributed by atoms with E-state index in [0.717, 1.165) is 42.0 Å². The first-order chi connectivity index (χ1) is 9.28. The third kappa shape index (κ3) is 2.51. The van der Waals surface area contributed by atoms with E-state index in [0.29, 0.717) is 0 Å². The van der Waals surface area contributed by atoms with Crippen molar-refractivity contribution in [3.8, 4) is 0 Å². The smallest absolute Gasteiger partial charge is 0.242 e. The van der Waals surface area contributed by atoms with Gasteiger partial charge in [-0.3, -0.25) is 14.4 Å². The van der Waals surface area contributed by atoms with E-state index in [2.05, 4.69) is 32.9 Å². The molecule has 0 bridgehead atoms.